The quantitative estimate of drug-likeness (QED) is 0.546. The van der Waals surface area contributed by atoms with Crippen LogP contribution in [-0.2, 0) is 0 Å². The van der Waals surface area contributed by atoms with Crippen molar-refractivity contribution in [2.75, 3.05) is 6.54 Å². The predicted octanol–water partition coefficient (Wildman–Crippen LogP) is 0.0826. The summed E-state index contributed by atoms with van der Waals surface area (Å²) in [6.45, 7) is 8.33. The molecule has 2 unspecified atom stereocenters. The molecule has 0 aromatic heterocycles. The third kappa shape index (κ3) is 6.28. The van der Waals surface area contributed by atoms with Crippen LogP contribution in [0.2, 0.25) is 0 Å². The summed E-state index contributed by atoms with van der Waals surface area (Å²) in [6.07, 6.45) is -0.322. The fourth-order valence-electron chi connectivity index (χ4n) is 0.595. The molecule has 0 aliphatic heterocycles. The van der Waals surface area contributed by atoms with Crippen molar-refractivity contribution in [3.8, 4) is 0 Å². The van der Waals surface area contributed by atoms with Crippen LogP contribution in [0.15, 0.2) is 0 Å². The summed E-state index contributed by atoms with van der Waals surface area (Å²) in [4.78, 5) is 0. The van der Waals surface area contributed by atoms with Gasteiger partial charge in [0.2, 0.25) is 0 Å². The minimum atomic E-state index is -0.322. The second kappa shape index (κ2) is 4.04. The highest BCUT2D eigenvalue weighted by atomic mass is 16.3. The van der Waals surface area contributed by atoms with Crippen LogP contribution >= 0.6 is 0 Å². The van der Waals surface area contributed by atoms with Gasteiger partial charge in [0.15, 0.2) is 0 Å². The summed E-state index contributed by atoms with van der Waals surface area (Å²) in [6, 6.07) is 0.109. The van der Waals surface area contributed by atoms with Crippen molar-refractivity contribution >= 4 is 0 Å². The van der Waals surface area contributed by atoms with Gasteiger partial charge in [-0.2, -0.15) is 0 Å². The second-order valence-electron chi connectivity index (χ2n) is 3.90. The average Bonchev–Trinajstić information content (AvgIpc) is 1.80. The van der Waals surface area contributed by atoms with Crippen LogP contribution in [0.25, 0.3) is 0 Å². The fourth-order valence-corrected chi connectivity index (χ4v) is 0.595. The average molecular weight is 160 g/mol. The molecule has 0 saturated carbocycles. The predicted molar refractivity (Wildman–Crippen MR) is 47.4 cm³/mol. The van der Waals surface area contributed by atoms with Crippen LogP contribution in [-0.4, -0.2) is 29.3 Å². The van der Waals surface area contributed by atoms with Gasteiger partial charge in [-0.3, -0.25) is 0 Å². The highest BCUT2D eigenvalue weighted by molar-refractivity contribution is 4.78. The largest absolute Gasteiger partial charge is 0.392 e. The molecule has 2 atom stereocenters. The van der Waals surface area contributed by atoms with Crippen LogP contribution < -0.4 is 11.1 Å². The van der Waals surface area contributed by atoms with E-state index in [0.29, 0.717) is 0 Å². The highest BCUT2D eigenvalue weighted by Crippen LogP contribution is 1.96. The number of rotatable bonds is 4. The van der Waals surface area contributed by atoms with E-state index in [4.69, 9.17) is 10.8 Å². The van der Waals surface area contributed by atoms with Crippen molar-refractivity contribution in [1.29, 1.82) is 0 Å². The zero-order chi connectivity index (χ0) is 9.07. The first-order valence-corrected chi connectivity index (χ1v) is 4.03. The standard InChI is InChI=1S/C8H20N2O/c1-6(7(2)11)10-5-8(3,4)9/h6-7,10-11H,5,9H2,1-4H3. The molecule has 0 saturated heterocycles. The van der Waals surface area contributed by atoms with E-state index in [1.807, 2.05) is 20.8 Å². The molecule has 0 amide bonds. The Hall–Kier alpha value is -0.120. The number of hydrogen-bond acceptors (Lipinski definition) is 3. The Balaban J connectivity index is 3.54. The third-order valence-electron chi connectivity index (χ3n) is 1.60. The van der Waals surface area contributed by atoms with Gasteiger partial charge >= 0.3 is 0 Å². The Labute approximate surface area is 69.0 Å². The van der Waals surface area contributed by atoms with Crippen molar-refractivity contribution < 1.29 is 5.11 Å². The van der Waals surface area contributed by atoms with E-state index in [2.05, 4.69) is 5.32 Å². The molecule has 0 bridgehead atoms. The van der Waals surface area contributed by atoms with E-state index in [1.165, 1.54) is 0 Å². The summed E-state index contributed by atoms with van der Waals surface area (Å²) in [5.41, 5.74) is 5.53. The minimum absolute atomic E-state index is 0.109. The molecule has 0 aliphatic rings. The van der Waals surface area contributed by atoms with Crippen LogP contribution in [0.4, 0.5) is 0 Å². The fraction of sp³-hybridized carbons (Fsp3) is 1.00. The number of nitrogens with two attached hydrogens (primary N) is 1. The van der Waals surface area contributed by atoms with Crippen LogP contribution in [0, 0.1) is 0 Å². The number of nitrogens with one attached hydrogen (secondary N) is 1. The normalized spacial score (nSPS) is 18.0. The van der Waals surface area contributed by atoms with Crippen molar-refractivity contribution in [2.45, 2.75) is 45.4 Å². The van der Waals surface area contributed by atoms with Gasteiger partial charge in [-0.05, 0) is 27.7 Å². The van der Waals surface area contributed by atoms with E-state index >= 15 is 0 Å². The van der Waals surface area contributed by atoms with E-state index in [9.17, 15) is 0 Å². The maximum Gasteiger partial charge on any atom is 0.0662 e. The highest BCUT2D eigenvalue weighted by Gasteiger charge is 2.13. The van der Waals surface area contributed by atoms with Crippen LogP contribution in [0.3, 0.4) is 0 Å². The van der Waals surface area contributed by atoms with Crippen molar-refractivity contribution in [1.82, 2.24) is 5.32 Å². The summed E-state index contributed by atoms with van der Waals surface area (Å²) < 4.78 is 0. The molecular weight excluding hydrogens is 140 g/mol. The van der Waals surface area contributed by atoms with E-state index in [0.717, 1.165) is 6.54 Å². The van der Waals surface area contributed by atoms with Crippen LogP contribution in [0.1, 0.15) is 27.7 Å². The second-order valence-corrected chi connectivity index (χ2v) is 3.90. The van der Waals surface area contributed by atoms with Gasteiger partial charge in [0.1, 0.15) is 0 Å². The van der Waals surface area contributed by atoms with Crippen molar-refractivity contribution in [2.24, 2.45) is 5.73 Å². The van der Waals surface area contributed by atoms with Crippen LogP contribution in [0.5, 0.6) is 0 Å². The monoisotopic (exact) mass is 160 g/mol. The number of aliphatic hydroxyl groups is 1. The van der Waals surface area contributed by atoms with Gasteiger partial charge < -0.3 is 16.2 Å². The Kier molecular flexibility index (Phi) is 4.00. The molecule has 3 nitrogen and oxygen atoms in total. The van der Waals surface area contributed by atoms with Gasteiger partial charge in [0.25, 0.3) is 0 Å². The van der Waals surface area contributed by atoms with Gasteiger partial charge in [0.05, 0.1) is 6.10 Å². The maximum atomic E-state index is 9.11. The minimum Gasteiger partial charge on any atom is -0.392 e. The van der Waals surface area contributed by atoms with Gasteiger partial charge in [-0.25, -0.2) is 0 Å². The van der Waals surface area contributed by atoms with Gasteiger partial charge in [0, 0.05) is 18.1 Å². The molecule has 68 valence electrons. The molecule has 4 N–H and O–H groups in total. The molecule has 0 fully saturated rings. The summed E-state index contributed by atoms with van der Waals surface area (Å²) in [7, 11) is 0. The van der Waals surface area contributed by atoms with Crippen molar-refractivity contribution in [3.05, 3.63) is 0 Å². The lowest BCUT2D eigenvalue weighted by molar-refractivity contribution is 0.150. The smallest absolute Gasteiger partial charge is 0.0662 e. The first-order valence-electron chi connectivity index (χ1n) is 4.03. The third-order valence-corrected chi connectivity index (χ3v) is 1.60. The zero-order valence-corrected chi connectivity index (χ0v) is 7.89. The summed E-state index contributed by atoms with van der Waals surface area (Å²) >= 11 is 0. The molecular formula is C8H20N2O. The lowest BCUT2D eigenvalue weighted by atomic mass is 10.1. The lowest BCUT2D eigenvalue weighted by Crippen LogP contribution is -2.48. The molecule has 0 aliphatic carbocycles. The maximum absolute atomic E-state index is 9.11. The number of aliphatic hydroxyl groups excluding tert-OH is 1. The van der Waals surface area contributed by atoms with E-state index in [1.54, 1.807) is 6.92 Å². The first kappa shape index (κ1) is 10.9. The molecule has 0 spiro atoms. The first-order chi connectivity index (χ1) is 4.83. The molecule has 11 heavy (non-hydrogen) atoms. The molecule has 3 heteroatoms. The zero-order valence-electron chi connectivity index (χ0n) is 7.89. The topological polar surface area (TPSA) is 58.3 Å². The SMILES string of the molecule is CC(O)C(C)NCC(C)(C)N. The van der Waals surface area contributed by atoms with E-state index in [-0.39, 0.29) is 17.7 Å². The molecule has 0 aromatic carbocycles. The Bertz CT molecular complexity index is 107. The lowest BCUT2D eigenvalue weighted by Gasteiger charge is -2.23. The molecule has 0 heterocycles. The summed E-state index contributed by atoms with van der Waals surface area (Å²) in [5, 5.41) is 12.3. The van der Waals surface area contributed by atoms with Gasteiger partial charge in [-0.15, -0.1) is 0 Å². The molecule has 0 radical (unpaired) electrons. The van der Waals surface area contributed by atoms with Gasteiger partial charge in [-0.1, -0.05) is 0 Å². The molecule has 0 aromatic rings. The number of hydrogen-bond donors (Lipinski definition) is 3. The van der Waals surface area contributed by atoms with E-state index < -0.39 is 0 Å². The van der Waals surface area contributed by atoms with Crippen molar-refractivity contribution in [3.63, 3.8) is 0 Å². The Morgan fingerprint density at radius 1 is 1.45 bits per heavy atom. The molecule has 0 rings (SSSR count). The Morgan fingerprint density at radius 3 is 2.18 bits per heavy atom. The Morgan fingerprint density at radius 2 is 1.91 bits per heavy atom. The summed E-state index contributed by atoms with van der Waals surface area (Å²) in [5.74, 6) is 0.